The van der Waals surface area contributed by atoms with E-state index in [2.05, 4.69) is 34.9 Å². The van der Waals surface area contributed by atoms with Gasteiger partial charge in [-0.25, -0.2) is 0 Å². The highest BCUT2D eigenvalue weighted by atomic mass is 35.5. The summed E-state index contributed by atoms with van der Waals surface area (Å²) < 4.78 is 0. The van der Waals surface area contributed by atoms with Crippen LogP contribution in [-0.2, 0) is 26.2 Å². The summed E-state index contributed by atoms with van der Waals surface area (Å²) in [5.41, 5.74) is 5.02. The number of nitrogens with one attached hydrogen (secondary N) is 2. The van der Waals surface area contributed by atoms with Gasteiger partial charge >= 0.3 is 0 Å². The van der Waals surface area contributed by atoms with Gasteiger partial charge in [0.25, 0.3) is 0 Å². The topological polar surface area (TPSA) is 24.1 Å². The van der Waals surface area contributed by atoms with Gasteiger partial charge in [-0.1, -0.05) is 71.7 Å². The van der Waals surface area contributed by atoms with Crippen molar-refractivity contribution in [3.8, 4) is 0 Å². The van der Waals surface area contributed by atoms with Crippen molar-refractivity contribution in [1.29, 1.82) is 0 Å². The first kappa shape index (κ1) is 18.9. The maximum Gasteiger partial charge on any atom is 0.0406 e. The Kier molecular flexibility index (Phi) is 7.10. The zero-order valence-electron chi connectivity index (χ0n) is 14.5. The number of hydrogen-bond donors (Lipinski definition) is 2. The van der Waals surface area contributed by atoms with Crippen LogP contribution in [0.2, 0.25) is 10.0 Å². The van der Waals surface area contributed by atoms with Crippen LogP contribution in [0.3, 0.4) is 0 Å². The van der Waals surface area contributed by atoms with Crippen LogP contribution >= 0.6 is 23.2 Å². The minimum atomic E-state index is 0.772. The largest absolute Gasteiger partial charge is 0.309 e. The normalized spacial score (nSPS) is 10.8. The van der Waals surface area contributed by atoms with Gasteiger partial charge in [-0.2, -0.15) is 0 Å². The average molecular weight is 385 g/mol. The Balaban J connectivity index is 1.40. The minimum Gasteiger partial charge on any atom is -0.309 e. The summed E-state index contributed by atoms with van der Waals surface area (Å²) in [7, 11) is 0. The highest BCUT2D eigenvalue weighted by Crippen LogP contribution is 2.11. The molecular formula is C22H22Cl2N2. The first-order chi connectivity index (χ1) is 12.7. The molecule has 0 aliphatic heterocycles. The van der Waals surface area contributed by atoms with Crippen molar-refractivity contribution in [2.75, 3.05) is 0 Å². The van der Waals surface area contributed by atoms with E-state index in [9.17, 15) is 0 Å². The molecule has 0 radical (unpaired) electrons. The van der Waals surface area contributed by atoms with E-state index in [-0.39, 0.29) is 0 Å². The Morgan fingerprint density at radius 2 is 0.654 bits per heavy atom. The summed E-state index contributed by atoms with van der Waals surface area (Å²) in [4.78, 5) is 0. The second-order valence-corrected chi connectivity index (χ2v) is 7.15. The first-order valence-corrected chi connectivity index (χ1v) is 9.43. The van der Waals surface area contributed by atoms with Gasteiger partial charge in [-0.15, -0.1) is 0 Å². The zero-order valence-corrected chi connectivity index (χ0v) is 16.0. The van der Waals surface area contributed by atoms with Crippen molar-refractivity contribution in [2.24, 2.45) is 0 Å². The third kappa shape index (κ3) is 6.15. The standard InChI is InChI=1S/C22H22Cl2N2/c23-21-9-5-19(6-10-21)15-25-13-17-1-2-18(4-3-17)14-26-16-20-7-11-22(24)12-8-20/h1-12,25-26H,13-16H2. The molecule has 3 aromatic carbocycles. The Morgan fingerprint density at radius 1 is 0.423 bits per heavy atom. The summed E-state index contributed by atoms with van der Waals surface area (Å²) in [6.07, 6.45) is 0. The Bertz CT molecular complexity index is 727. The molecule has 134 valence electrons. The molecule has 0 saturated carbocycles. The molecule has 0 spiro atoms. The van der Waals surface area contributed by atoms with Crippen molar-refractivity contribution in [3.05, 3.63) is 105 Å². The lowest BCUT2D eigenvalue weighted by molar-refractivity contribution is 0.686. The maximum atomic E-state index is 5.90. The maximum absolute atomic E-state index is 5.90. The highest BCUT2D eigenvalue weighted by molar-refractivity contribution is 6.30. The average Bonchev–Trinajstić information content (AvgIpc) is 2.66. The molecular weight excluding hydrogens is 363 g/mol. The molecule has 0 bridgehead atoms. The van der Waals surface area contributed by atoms with Crippen molar-refractivity contribution in [1.82, 2.24) is 10.6 Å². The lowest BCUT2D eigenvalue weighted by Gasteiger charge is -2.08. The molecule has 0 heterocycles. The van der Waals surface area contributed by atoms with E-state index in [1.807, 2.05) is 48.5 Å². The second-order valence-electron chi connectivity index (χ2n) is 6.28. The van der Waals surface area contributed by atoms with Crippen LogP contribution in [0.4, 0.5) is 0 Å². The molecule has 26 heavy (non-hydrogen) atoms. The smallest absolute Gasteiger partial charge is 0.0406 e. The van der Waals surface area contributed by atoms with Crippen LogP contribution < -0.4 is 10.6 Å². The molecule has 0 aliphatic rings. The minimum absolute atomic E-state index is 0.772. The predicted octanol–water partition coefficient (Wildman–Crippen LogP) is 5.57. The van der Waals surface area contributed by atoms with E-state index < -0.39 is 0 Å². The molecule has 2 nitrogen and oxygen atoms in total. The van der Waals surface area contributed by atoms with Gasteiger partial charge < -0.3 is 10.6 Å². The summed E-state index contributed by atoms with van der Waals surface area (Å²) in [6, 6.07) is 24.6. The molecule has 0 amide bonds. The number of benzene rings is 3. The molecule has 3 rings (SSSR count). The lowest BCUT2D eigenvalue weighted by atomic mass is 10.1. The molecule has 0 saturated heterocycles. The Labute approximate surface area is 165 Å². The van der Waals surface area contributed by atoms with Gasteiger partial charge in [0.1, 0.15) is 0 Å². The second kappa shape index (κ2) is 9.75. The number of halogens is 2. The molecule has 0 fully saturated rings. The van der Waals surface area contributed by atoms with E-state index in [1.165, 1.54) is 22.3 Å². The fourth-order valence-electron chi connectivity index (χ4n) is 2.68. The van der Waals surface area contributed by atoms with Crippen LogP contribution in [-0.4, -0.2) is 0 Å². The lowest BCUT2D eigenvalue weighted by Crippen LogP contribution is -2.14. The third-order valence-electron chi connectivity index (χ3n) is 4.17. The molecule has 2 N–H and O–H groups in total. The summed E-state index contributed by atoms with van der Waals surface area (Å²) in [5, 5.41) is 8.46. The van der Waals surface area contributed by atoms with Crippen molar-refractivity contribution < 1.29 is 0 Å². The fourth-order valence-corrected chi connectivity index (χ4v) is 2.93. The molecule has 0 unspecified atom stereocenters. The fraction of sp³-hybridized carbons (Fsp3) is 0.182. The van der Waals surface area contributed by atoms with Crippen LogP contribution in [0.1, 0.15) is 22.3 Å². The third-order valence-corrected chi connectivity index (χ3v) is 4.67. The van der Waals surface area contributed by atoms with Crippen LogP contribution in [0.5, 0.6) is 0 Å². The molecule has 0 aliphatic carbocycles. The van der Waals surface area contributed by atoms with Crippen LogP contribution in [0, 0.1) is 0 Å². The Hall–Kier alpha value is -1.84. The van der Waals surface area contributed by atoms with Gasteiger partial charge in [-0.05, 0) is 46.5 Å². The summed E-state index contributed by atoms with van der Waals surface area (Å²) in [5.74, 6) is 0. The van der Waals surface area contributed by atoms with Gasteiger partial charge in [-0.3, -0.25) is 0 Å². The van der Waals surface area contributed by atoms with Crippen LogP contribution in [0.25, 0.3) is 0 Å². The number of rotatable bonds is 8. The van der Waals surface area contributed by atoms with Gasteiger partial charge in [0.2, 0.25) is 0 Å². The quantitative estimate of drug-likeness (QED) is 0.530. The van der Waals surface area contributed by atoms with E-state index in [0.29, 0.717) is 0 Å². The monoisotopic (exact) mass is 384 g/mol. The molecule has 0 atom stereocenters. The summed E-state index contributed by atoms with van der Waals surface area (Å²) >= 11 is 11.8. The van der Waals surface area contributed by atoms with Crippen molar-refractivity contribution >= 4 is 23.2 Å². The zero-order chi connectivity index (χ0) is 18.2. The van der Waals surface area contributed by atoms with Gasteiger partial charge in [0, 0.05) is 36.2 Å². The SMILES string of the molecule is Clc1ccc(CNCc2ccc(CNCc3ccc(Cl)cc3)cc2)cc1. The summed E-state index contributed by atoms with van der Waals surface area (Å²) in [6.45, 7) is 3.37. The van der Waals surface area contributed by atoms with Crippen molar-refractivity contribution in [3.63, 3.8) is 0 Å². The van der Waals surface area contributed by atoms with Gasteiger partial charge in [0.05, 0.1) is 0 Å². The highest BCUT2D eigenvalue weighted by Gasteiger charge is 1.98. The van der Waals surface area contributed by atoms with Gasteiger partial charge in [0.15, 0.2) is 0 Å². The van der Waals surface area contributed by atoms with Crippen molar-refractivity contribution in [2.45, 2.75) is 26.2 Å². The predicted molar refractivity (Wildman–Crippen MR) is 110 cm³/mol. The Morgan fingerprint density at radius 3 is 0.923 bits per heavy atom. The van der Waals surface area contributed by atoms with E-state index >= 15 is 0 Å². The molecule has 4 heteroatoms. The van der Waals surface area contributed by atoms with E-state index in [4.69, 9.17) is 23.2 Å². The van der Waals surface area contributed by atoms with Crippen LogP contribution in [0.15, 0.2) is 72.8 Å². The van der Waals surface area contributed by atoms with E-state index in [1.54, 1.807) is 0 Å². The number of hydrogen-bond acceptors (Lipinski definition) is 2. The molecule has 3 aromatic rings. The molecule has 0 aromatic heterocycles. The first-order valence-electron chi connectivity index (χ1n) is 8.67. The van der Waals surface area contributed by atoms with E-state index in [0.717, 1.165) is 36.2 Å².